The zero-order valence-electron chi connectivity index (χ0n) is 12.6. The first-order valence-electron chi connectivity index (χ1n) is 7.39. The Balaban J connectivity index is 1.72. The lowest BCUT2D eigenvalue weighted by Crippen LogP contribution is -2.22. The third-order valence-electron chi connectivity index (χ3n) is 3.32. The third-order valence-corrected chi connectivity index (χ3v) is 3.32. The summed E-state index contributed by atoms with van der Waals surface area (Å²) in [6.45, 7) is 0.609. The quantitative estimate of drug-likeness (QED) is 0.369. The molecule has 0 fully saturated rings. The average Bonchev–Trinajstić information content (AvgIpc) is 2.58. The fourth-order valence-electron chi connectivity index (χ4n) is 2.09. The smallest absolute Gasteiger partial charge is 0.269 e. The summed E-state index contributed by atoms with van der Waals surface area (Å²) in [6.07, 6.45) is 4.87. The Kier molecular flexibility index (Phi) is 6.06. The van der Waals surface area contributed by atoms with Crippen LogP contribution in [-0.4, -0.2) is 17.4 Å². The van der Waals surface area contributed by atoms with E-state index >= 15 is 0 Å². The number of benzene rings is 2. The van der Waals surface area contributed by atoms with Crippen molar-refractivity contribution in [3.05, 3.63) is 81.9 Å². The first-order valence-corrected chi connectivity index (χ1v) is 7.39. The minimum Gasteiger partial charge on any atom is -0.353 e. The number of carbonyl (C=O) groups excluding carboxylic acids is 1. The van der Waals surface area contributed by atoms with Crippen LogP contribution in [0.4, 0.5) is 5.69 Å². The molecule has 1 amide bonds. The largest absolute Gasteiger partial charge is 0.353 e. The molecule has 0 unspecified atom stereocenters. The number of carbonyl (C=O) groups is 1. The fourth-order valence-corrected chi connectivity index (χ4v) is 2.09. The maximum absolute atomic E-state index is 11.7. The van der Waals surface area contributed by atoms with Gasteiger partial charge in [-0.3, -0.25) is 14.9 Å². The van der Waals surface area contributed by atoms with Crippen LogP contribution in [0.2, 0.25) is 0 Å². The number of hydrogen-bond donors (Lipinski definition) is 1. The maximum atomic E-state index is 11.7. The normalized spacial score (nSPS) is 10.6. The van der Waals surface area contributed by atoms with Crippen LogP contribution in [0.1, 0.15) is 17.5 Å². The van der Waals surface area contributed by atoms with E-state index in [0.717, 1.165) is 18.4 Å². The summed E-state index contributed by atoms with van der Waals surface area (Å²) in [5.41, 5.74) is 2.03. The molecule has 0 heterocycles. The number of nitrogens with zero attached hydrogens (tertiary/aromatic N) is 1. The van der Waals surface area contributed by atoms with E-state index in [1.807, 2.05) is 18.2 Å². The van der Waals surface area contributed by atoms with Gasteiger partial charge in [0.05, 0.1) is 4.92 Å². The van der Waals surface area contributed by atoms with Crippen LogP contribution in [0, 0.1) is 10.1 Å². The lowest BCUT2D eigenvalue weighted by Gasteiger charge is -2.02. The van der Waals surface area contributed by atoms with Crippen molar-refractivity contribution < 1.29 is 9.72 Å². The van der Waals surface area contributed by atoms with E-state index in [2.05, 4.69) is 17.4 Å². The van der Waals surface area contributed by atoms with Crippen LogP contribution in [0.5, 0.6) is 0 Å². The van der Waals surface area contributed by atoms with Crippen LogP contribution in [0.3, 0.4) is 0 Å². The van der Waals surface area contributed by atoms with Gasteiger partial charge in [0.1, 0.15) is 0 Å². The standard InChI is InChI=1S/C18H18N2O3/c21-18(19-14-4-7-15-5-2-1-3-6-15)13-10-16-8-11-17(12-9-16)20(22)23/h1-3,5-6,8-13H,4,7,14H2,(H,19,21)/b13-10+. The summed E-state index contributed by atoms with van der Waals surface area (Å²) >= 11 is 0. The van der Waals surface area contributed by atoms with Crippen molar-refractivity contribution in [1.82, 2.24) is 5.32 Å². The Morgan fingerprint density at radius 2 is 1.78 bits per heavy atom. The molecule has 2 aromatic carbocycles. The van der Waals surface area contributed by atoms with Crippen molar-refractivity contribution in [3.63, 3.8) is 0 Å². The summed E-state index contributed by atoms with van der Waals surface area (Å²) in [7, 11) is 0. The molecule has 0 saturated carbocycles. The molecule has 2 rings (SSSR count). The van der Waals surface area contributed by atoms with Gasteiger partial charge in [0.2, 0.25) is 5.91 Å². The predicted molar refractivity (Wildman–Crippen MR) is 89.9 cm³/mol. The van der Waals surface area contributed by atoms with Crippen LogP contribution >= 0.6 is 0 Å². The van der Waals surface area contributed by atoms with Gasteiger partial charge in [-0.1, -0.05) is 30.3 Å². The molecule has 0 spiro atoms. The Morgan fingerprint density at radius 1 is 1.09 bits per heavy atom. The molecule has 0 aliphatic carbocycles. The van der Waals surface area contributed by atoms with E-state index in [0.29, 0.717) is 6.54 Å². The molecule has 0 atom stereocenters. The summed E-state index contributed by atoms with van der Waals surface area (Å²) in [4.78, 5) is 21.8. The molecular weight excluding hydrogens is 292 g/mol. The Labute approximate surface area is 134 Å². The molecule has 118 valence electrons. The molecule has 0 radical (unpaired) electrons. The summed E-state index contributed by atoms with van der Waals surface area (Å²) < 4.78 is 0. The molecule has 0 aliphatic heterocycles. The maximum Gasteiger partial charge on any atom is 0.269 e. The van der Waals surface area contributed by atoms with E-state index in [1.54, 1.807) is 18.2 Å². The lowest BCUT2D eigenvalue weighted by molar-refractivity contribution is -0.384. The molecule has 1 N–H and O–H groups in total. The summed E-state index contributed by atoms with van der Waals surface area (Å²) in [5, 5.41) is 13.4. The minimum atomic E-state index is -0.451. The SMILES string of the molecule is O=C(/C=C/c1ccc([N+](=O)[O-])cc1)NCCCc1ccccc1. The van der Waals surface area contributed by atoms with E-state index in [4.69, 9.17) is 0 Å². The highest BCUT2D eigenvalue weighted by atomic mass is 16.6. The van der Waals surface area contributed by atoms with Crippen LogP contribution < -0.4 is 5.32 Å². The number of amides is 1. The molecule has 2 aromatic rings. The zero-order valence-corrected chi connectivity index (χ0v) is 12.6. The number of nitro benzene ring substituents is 1. The number of hydrogen-bond acceptors (Lipinski definition) is 3. The van der Waals surface area contributed by atoms with Crippen molar-refractivity contribution >= 4 is 17.7 Å². The van der Waals surface area contributed by atoms with Crippen LogP contribution in [-0.2, 0) is 11.2 Å². The highest BCUT2D eigenvalue weighted by Crippen LogP contribution is 2.12. The fraction of sp³-hybridized carbons (Fsp3) is 0.167. The molecule has 0 aromatic heterocycles. The van der Waals surface area contributed by atoms with Crippen molar-refractivity contribution in [1.29, 1.82) is 0 Å². The molecular formula is C18H18N2O3. The van der Waals surface area contributed by atoms with Crippen molar-refractivity contribution in [3.8, 4) is 0 Å². The lowest BCUT2D eigenvalue weighted by atomic mass is 10.1. The number of aryl methyl sites for hydroxylation is 1. The van der Waals surface area contributed by atoms with Gasteiger partial charge < -0.3 is 5.32 Å². The summed E-state index contributed by atoms with van der Waals surface area (Å²) in [5.74, 6) is -0.170. The Bertz CT molecular complexity index is 679. The predicted octanol–water partition coefficient (Wildman–Crippen LogP) is 3.36. The Morgan fingerprint density at radius 3 is 2.43 bits per heavy atom. The highest BCUT2D eigenvalue weighted by molar-refractivity contribution is 5.91. The van der Waals surface area contributed by atoms with Crippen LogP contribution in [0.25, 0.3) is 6.08 Å². The highest BCUT2D eigenvalue weighted by Gasteiger charge is 2.02. The van der Waals surface area contributed by atoms with E-state index in [-0.39, 0.29) is 11.6 Å². The van der Waals surface area contributed by atoms with Crippen molar-refractivity contribution in [2.24, 2.45) is 0 Å². The van der Waals surface area contributed by atoms with Gasteiger partial charge in [-0.05, 0) is 42.2 Å². The van der Waals surface area contributed by atoms with Crippen LogP contribution in [0.15, 0.2) is 60.7 Å². The topological polar surface area (TPSA) is 72.2 Å². The zero-order chi connectivity index (χ0) is 16.5. The van der Waals surface area contributed by atoms with E-state index in [1.165, 1.54) is 23.8 Å². The molecule has 23 heavy (non-hydrogen) atoms. The second kappa shape index (κ2) is 8.48. The van der Waals surface area contributed by atoms with Gasteiger partial charge >= 0.3 is 0 Å². The van der Waals surface area contributed by atoms with Gasteiger partial charge in [-0.25, -0.2) is 0 Å². The van der Waals surface area contributed by atoms with Gasteiger partial charge in [-0.2, -0.15) is 0 Å². The van der Waals surface area contributed by atoms with Gasteiger partial charge in [-0.15, -0.1) is 0 Å². The van der Waals surface area contributed by atoms with E-state index < -0.39 is 4.92 Å². The van der Waals surface area contributed by atoms with Gasteiger partial charge in [0.15, 0.2) is 0 Å². The molecule has 5 heteroatoms. The number of rotatable bonds is 7. The average molecular weight is 310 g/mol. The number of non-ortho nitro benzene ring substituents is 1. The first kappa shape index (κ1) is 16.4. The second-order valence-electron chi connectivity index (χ2n) is 5.06. The summed E-state index contributed by atoms with van der Waals surface area (Å²) in [6, 6.07) is 16.2. The van der Waals surface area contributed by atoms with Gasteiger partial charge in [0.25, 0.3) is 5.69 Å². The monoisotopic (exact) mass is 310 g/mol. The molecule has 0 aliphatic rings. The Hall–Kier alpha value is -2.95. The van der Waals surface area contributed by atoms with Crippen molar-refractivity contribution in [2.45, 2.75) is 12.8 Å². The first-order chi connectivity index (χ1) is 11.1. The van der Waals surface area contributed by atoms with E-state index in [9.17, 15) is 14.9 Å². The van der Waals surface area contributed by atoms with Gasteiger partial charge in [0, 0.05) is 24.8 Å². The second-order valence-corrected chi connectivity index (χ2v) is 5.06. The third kappa shape index (κ3) is 5.74. The minimum absolute atomic E-state index is 0.0347. The number of nitro groups is 1. The number of nitrogens with one attached hydrogen (secondary N) is 1. The molecule has 5 nitrogen and oxygen atoms in total. The molecule has 0 bridgehead atoms. The molecule has 0 saturated heterocycles. The van der Waals surface area contributed by atoms with Crippen molar-refractivity contribution in [2.75, 3.05) is 6.54 Å².